The molecule has 1 saturated heterocycles. The fourth-order valence-electron chi connectivity index (χ4n) is 6.93. The number of hydrogen-bond donors (Lipinski definition) is 3. The highest BCUT2D eigenvalue weighted by atomic mass is 16.5. The van der Waals surface area contributed by atoms with Gasteiger partial charge in [0.2, 0.25) is 5.91 Å². The van der Waals surface area contributed by atoms with Crippen molar-refractivity contribution in [2.24, 2.45) is 29.1 Å². The highest BCUT2D eigenvalue weighted by Gasteiger charge is 2.68. The summed E-state index contributed by atoms with van der Waals surface area (Å²) in [5.41, 5.74) is 1.62. The third-order valence-electron chi connectivity index (χ3n) is 8.97. The van der Waals surface area contributed by atoms with Gasteiger partial charge in [0.1, 0.15) is 17.5 Å². The number of rotatable bonds is 11. The second-order valence-electron chi connectivity index (χ2n) is 11.5. The van der Waals surface area contributed by atoms with E-state index in [2.05, 4.69) is 16.9 Å². The van der Waals surface area contributed by atoms with Gasteiger partial charge in [0.25, 0.3) is 0 Å². The standard InChI is InChI=1S/C33H40N2O6/c1-19(15-20(2)18-36)9-8-11-25-31(39)22(4)21(3)30-27(16-23-17-34-26-12-7-6-10-24(23)26)35-32(40)33(25,30)28(37)13-14-29(38)41-5/h6-8,10-12,15,17-19,21,25,27,30-31,34,39H,4,9,13-14,16H2,1-3,5H3,(H,35,40)/b11-8+,20-15+/t19-,21+,25-,27-,30-,31+,33+/m0/s1. The number of ketones is 1. The molecule has 0 unspecified atom stereocenters. The van der Waals surface area contributed by atoms with E-state index in [1.54, 1.807) is 13.0 Å². The first-order chi connectivity index (χ1) is 19.6. The molecule has 2 heterocycles. The number of amides is 1. The van der Waals surface area contributed by atoms with Crippen molar-refractivity contribution in [1.29, 1.82) is 0 Å². The van der Waals surface area contributed by atoms with Crippen LogP contribution >= 0.6 is 0 Å². The minimum Gasteiger partial charge on any atom is -0.469 e. The average molecular weight is 561 g/mol. The molecule has 1 aromatic heterocycles. The number of aldehydes is 1. The number of allylic oxidation sites excluding steroid dienone is 3. The van der Waals surface area contributed by atoms with Crippen molar-refractivity contribution in [2.75, 3.05) is 7.11 Å². The predicted molar refractivity (Wildman–Crippen MR) is 157 cm³/mol. The van der Waals surface area contributed by atoms with Crippen LogP contribution in [0.2, 0.25) is 0 Å². The Bertz CT molecular complexity index is 1400. The smallest absolute Gasteiger partial charge is 0.305 e. The SMILES string of the molecule is C=C1[C@@H](C)[C@H]2[C@H](Cc3c[nH]c4ccccc34)NC(=O)[C@@]2(C(=O)CCC(=O)OC)[C@@H](/C=C/C[C@H](C)/C=C(\C)C=O)[C@@H]1O. The number of aromatic nitrogens is 1. The van der Waals surface area contributed by atoms with Gasteiger partial charge < -0.3 is 20.1 Å². The molecule has 1 aliphatic carbocycles. The van der Waals surface area contributed by atoms with Crippen molar-refractivity contribution >= 4 is 34.8 Å². The zero-order valence-corrected chi connectivity index (χ0v) is 24.2. The number of benzene rings is 1. The van der Waals surface area contributed by atoms with Crippen molar-refractivity contribution in [1.82, 2.24) is 10.3 Å². The fourth-order valence-corrected chi connectivity index (χ4v) is 6.93. The second-order valence-corrected chi connectivity index (χ2v) is 11.5. The summed E-state index contributed by atoms with van der Waals surface area (Å²) in [5.74, 6) is -3.01. The number of carbonyl (C=O) groups is 4. The number of aliphatic hydroxyl groups excluding tert-OH is 1. The van der Waals surface area contributed by atoms with Crippen molar-refractivity contribution in [3.05, 3.63) is 72.0 Å². The van der Waals surface area contributed by atoms with Gasteiger partial charge in [0.05, 0.1) is 19.6 Å². The summed E-state index contributed by atoms with van der Waals surface area (Å²) < 4.78 is 4.77. The Kier molecular flexibility index (Phi) is 9.12. The topological polar surface area (TPSA) is 126 Å². The Balaban J connectivity index is 1.76. The molecule has 3 N–H and O–H groups in total. The normalized spacial score (nSPS) is 28.9. The summed E-state index contributed by atoms with van der Waals surface area (Å²) >= 11 is 0. The van der Waals surface area contributed by atoms with E-state index in [9.17, 15) is 24.3 Å². The van der Waals surface area contributed by atoms with Crippen LogP contribution in [-0.2, 0) is 30.3 Å². The van der Waals surface area contributed by atoms with E-state index < -0.39 is 41.3 Å². The predicted octanol–water partition coefficient (Wildman–Crippen LogP) is 4.24. The molecule has 1 aliphatic heterocycles. The molecule has 0 spiro atoms. The Labute approximate surface area is 240 Å². The number of H-pyrrole nitrogens is 1. The van der Waals surface area contributed by atoms with E-state index in [4.69, 9.17) is 4.74 Å². The van der Waals surface area contributed by atoms with Crippen molar-refractivity contribution in [3.8, 4) is 0 Å². The van der Waals surface area contributed by atoms with Crippen molar-refractivity contribution in [2.45, 2.75) is 58.6 Å². The van der Waals surface area contributed by atoms with Gasteiger partial charge in [-0.3, -0.25) is 19.2 Å². The van der Waals surface area contributed by atoms with Gasteiger partial charge in [-0.1, -0.05) is 56.9 Å². The molecule has 8 heteroatoms. The molecule has 7 atom stereocenters. The molecular formula is C33H40N2O6. The van der Waals surface area contributed by atoms with Crippen LogP contribution in [0.15, 0.2) is 66.4 Å². The monoisotopic (exact) mass is 560 g/mol. The second kappa shape index (κ2) is 12.4. The molecule has 2 aliphatic rings. The number of para-hydroxylation sites is 1. The lowest BCUT2D eigenvalue weighted by molar-refractivity contribution is -0.153. The summed E-state index contributed by atoms with van der Waals surface area (Å²) in [7, 11) is 1.26. The third-order valence-corrected chi connectivity index (χ3v) is 8.97. The van der Waals surface area contributed by atoms with E-state index in [-0.39, 0.29) is 30.5 Å². The highest BCUT2D eigenvalue weighted by Crippen LogP contribution is 2.57. The quantitative estimate of drug-likeness (QED) is 0.124. The number of aromatic amines is 1. The lowest BCUT2D eigenvalue weighted by Gasteiger charge is -2.49. The molecule has 0 bridgehead atoms. The van der Waals surface area contributed by atoms with Crippen LogP contribution in [0, 0.1) is 29.1 Å². The van der Waals surface area contributed by atoms with Gasteiger partial charge in [-0.25, -0.2) is 0 Å². The van der Waals surface area contributed by atoms with Crippen molar-refractivity contribution in [3.63, 3.8) is 0 Å². The Morgan fingerprint density at radius 2 is 1.98 bits per heavy atom. The van der Waals surface area contributed by atoms with Crippen LogP contribution < -0.4 is 5.32 Å². The summed E-state index contributed by atoms with van der Waals surface area (Å²) in [6, 6.07) is 7.53. The number of ether oxygens (including phenoxy) is 1. The lowest BCUT2D eigenvalue weighted by atomic mass is 9.51. The summed E-state index contributed by atoms with van der Waals surface area (Å²) in [6.07, 6.45) is 7.80. The van der Waals surface area contributed by atoms with Crippen LogP contribution in [0.25, 0.3) is 10.9 Å². The van der Waals surface area contributed by atoms with Crippen LogP contribution in [0.3, 0.4) is 0 Å². The minimum absolute atomic E-state index is 0.0353. The minimum atomic E-state index is -1.58. The first-order valence-corrected chi connectivity index (χ1v) is 14.2. The number of methoxy groups -OCH3 is 1. The summed E-state index contributed by atoms with van der Waals surface area (Å²) in [5, 5.41) is 15.7. The lowest BCUT2D eigenvalue weighted by Crippen LogP contribution is -2.58. The first kappa shape index (κ1) is 30.2. The maximum atomic E-state index is 14.2. The van der Waals surface area contributed by atoms with E-state index >= 15 is 0 Å². The van der Waals surface area contributed by atoms with E-state index in [1.807, 2.05) is 56.5 Å². The van der Waals surface area contributed by atoms with Gasteiger partial charge in [0, 0.05) is 41.4 Å². The molecule has 2 aromatic rings. The fraction of sp³-hybridized carbons (Fsp3) is 0.455. The zero-order valence-electron chi connectivity index (χ0n) is 24.2. The molecule has 2 fully saturated rings. The Morgan fingerprint density at radius 3 is 2.68 bits per heavy atom. The number of fused-ring (bicyclic) bond motifs is 2. The van der Waals surface area contributed by atoms with Gasteiger partial charge in [-0.2, -0.15) is 0 Å². The number of hydrogen-bond acceptors (Lipinski definition) is 6. The maximum absolute atomic E-state index is 14.2. The highest BCUT2D eigenvalue weighted by molar-refractivity contribution is 6.10. The molecule has 41 heavy (non-hydrogen) atoms. The number of nitrogens with one attached hydrogen (secondary N) is 2. The van der Waals surface area contributed by atoms with Gasteiger partial charge in [-0.05, 0) is 54.4 Å². The molecule has 4 rings (SSSR count). The molecular weight excluding hydrogens is 520 g/mol. The molecule has 1 amide bonds. The average Bonchev–Trinajstić information content (AvgIpc) is 3.50. The van der Waals surface area contributed by atoms with Crippen molar-refractivity contribution < 1.29 is 29.0 Å². The van der Waals surface area contributed by atoms with E-state index in [0.29, 0.717) is 24.0 Å². The number of esters is 1. The molecule has 8 nitrogen and oxygen atoms in total. The Morgan fingerprint density at radius 1 is 1.24 bits per heavy atom. The molecule has 0 radical (unpaired) electrons. The molecule has 218 valence electrons. The van der Waals surface area contributed by atoms with Crippen LogP contribution in [0.5, 0.6) is 0 Å². The van der Waals surface area contributed by atoms with Crippen LogP contribution in [0.4, 0.5) is 0 Å². The number of aliphatic hydroxyl groups is 1. The van der Waals surface area contributed by atoms with Crippen LogP contribution in [-0.4, -0.2) is 53.3 Å². The largest absolute Gasteiger partial charge is 0.469 e. The van der Waals surface area contributed by atoms with E-state index in [1.165, 1.54) is 7.11 Å². The molecule has 1 saturated carbocycles. The third kappa shape index (κ3) is 5.58. The molecule has 1 aromatic carbocycles. The maximum Gasteiger partial charge on any atom is 0.305 e. The zero-order chi connectivity index (χ0) is 29.9. The van der Waals surface area contributed by atoms with E-state index in [0.717, 1.165) is 22.8 Å². The Hall–Kier alpha value is -3.78. The van der Waals surface area contributed by atoms with Crippen LogP contribution in [0.1, 0.15) is 45.6 Å². The van der Waals surface area contributed by atoms with Gasteiger partial charge in [-0.15, -0.1) is 0 Å². The number of carbonyl (C=O) groups excluding carboxylic acids is 4. The number of Topliss-reactive ketones (excluding diaryl/α,β-unsaturated/α-hetero) is 1. The summed E-state index contributed by atoms with van der Waals surface area (Å²) in [4.78, 5) is 54.6. The van der Waals surface area contributed by atoms with Gasteiger partial charge >= 0.3 is 5.97 Å². The first-order valence-electron chi connectivity index (χ1n) is 14.2. The van der Waals surface area contributed by atoms with Gasteiger partial charge in [0.15, 0.2) is 0 Å². The summed E-state index contributed by atoms with van der Waals surface area (Å²) in [6.45, 7) is 9.82.